The molecule has 0 saturated heterocycles. The third-order valence-corrected chi connectivity index (χ3v) is 6.28. The average molecular weight is 397 g/mol. The number of benzene rings is 2. The zero-order chi connectivity index (χ0) is 18.1. The molecule has 0 aliphatic carbocycles. The van der Waals surface area contributed by atoms with E-state index in [4.69, 9.17) is 0 Å². The fourth-order valence-electron chi connectivity index (χ4n) is 2.22. The molecule has 130 valence electrons. The number of rotatable bonds is 6. The van der Waals surface area contributed by atoms with E-state index in [1.165, 1.54) is 24.0 Å². The van der Waals surface area contributed by atoms with Crippen LogP contribution in [0, 0.1) is 25.7 Å². The van der Waals surface area contributed by atoms with Gasteiger partial charge in [-0.1, -0.05) is 0 Å². The standard InChI is InChI=1S/C23H26OSe/c1-4-5-16-25-23(17-21-12-8-19(3)9-13-21)22(24)15-14-20-10-6-18(2)7-11-20/h6-13,17,22,24H,4-5,16H2,1-3H3/b23-17-. The van der Waals surface area contributed by atoms with E-state index in [-0.39, 0.29) is 15.0 Å². The predicted molar refractivity (Wildman–Crippen MR) is 109 cm³/mol. The minimum absolute atomic E-state index is 0.266. The molecule has 2 aromatic rings. The van der Waals surface area contributed by atoms with Gasteiger partial charge in [-0.3, -0.25) is 0 Å². The van der Waals surface area contributed by atoms with Gasteiger partial charge in [0.2, 0.25) is 0 Å². The molecule has 0 bridgehead atoms. The van der Waals surface area contributed by atoms with Crippen LogP contribution in [0.1, 0.15) is 42.0 Å². The predicted octanol–water partition coefficient (Wildman–Crippen LogP) is 4.98. The fourth-order valence-corrected chi connectivity index (χ4v) is 4.54. The van der Waals surface area contributed by atoms with Gasteiger partial charge in [0.15, 0.2) is 0 Å². The molecule has 0 aliphatic rings. The number of hydrogen-bond donors (Lipinski definition) is 1. The molecular weight excluding hydrogens is 371 g/mol. The first-order chi connectivity index (χ1) is 12.1. The van der Waals surface area contributed by atoms with Crippen LogP contribution < -0.4 is 0 Å². The van der Waals surface area contributed by atoms with Crippen LogP contribution in [0.15, 0.2) is 53.0 Å². The topological polar surface area (TPSA) is 20.2 Å². The molecule has 0 fully saturated rings. The quantitative estimate of drug-likeness (QED) is 0.414. The normalized spacial score (nSPS) is 12.4. The van der Waals surface area contributed by atoms with Crippen LogP contribution >= 0.6 is 0 Å². The van der Waals surface area contributed by atoms with E-state index in [1.54, 1.807) is 0 Å². The van der Waals surface area contributed by atoms with Crippen LogP contribution in [0.5, 0.6) is 0 Å². The molecule has 1 unspecified atom stereocenters. The molecule has 0 aliphatic heterocycles. The van der Waals surface area contributed by atoms with Gasteiger partial charge in [-0.15, -0.1) is 0 Å². The Balaban J connectivity index is 2.18. The number of aliphatic hydroxyl groups is 1. The van der Waals surface area contributed by atoms with Crippen LogP contribution in [-0.4, -0.2) is 26.2 Å². The van der Waals surface area contributed by atoms with E-state index in [0.717, 1.165) is 20.9 Å². The van der Waals surface area contributed by atoms with Crippen molar-refractivity contribution in [1.29, 1.82) is 0 Å². The first kappa shape index (κ1) is 19.5. The molecule has 0 radical (unpaired) electrons. The van der Waals surface area contributed by atoms with Crippen LogP contribution in [-0.2, 0) is 0 Å². The van der Waals surface area contributed by atoms with E-state index in [0.29, 0.717) is 0 Å². The molecule has 1 nitrogen and oxygen atoms in total. The third-order valence-electron chi connectivity index (χ3n) is 3.83. The van der Waals surface area contributed by atoms with Crippen LogP contribution in [0.25, 0.3) is 6.08 Å². The molecule has 1 atom stereocenters. The molecule has 25 heavy (non-hydrogen) atoms. The minimum atomic E-state index is -0.695. The Bertz CT molecular complexity index is 745. The Hall–Kier alpha value is -1.78. The van der Waals surface area contributed by atoms with Gasteiger partial charge in [-0.2, -0.15) is 0 Å². The zero-order valence-corrected chi connectivity index (χ0v) is 17.0. The van der Waals surface area contributed by atoms with Crippen molar-refractivity contribution in [2.45, 2.75) is 45.0 Å². The summed E-state index contributed by atoms with van der Waals surface area (Å²) in [4.78, 5) is 0. The first-order valence-electron chi connectivity index (χ1n) is 8.76. The molecule has 2 heteroatoms. The van der Waals surface area contributed by atoms with E-state index < -0.39 is 6.10 Å². The molecule has 0 aromatic heterocycles. The van der Waals surface area contributed by atoms with Gasteiger partial charge in [0.25, 0.3) is 0 Å². The number of hydrogen-bond acceptors (Lipinski definition) is 1. The van der Waals surface area contributed by atoms with Gasteiger partial charge in [-0.25, -0.2) is 0 Å². The van der Waals surface area contributed by atoms with Crippen molar-refractivity contribution in [2.75, 3.05) is 0 Å². The van der Waals surface area contributed by atoms with E-state index in [9.17, 15) is 5.11 Å². The van der Waals surface area contributed by atoms with Gasteiger partial charge in [0, 0.05) is 0 Å². The third kappa shape index (κ3) is 6.92. The van der Waals surface area contributed by atoms with Crippen molar-refractivity contribution in [3.8, 4) is 11.8 Å². The van der Waals surface area contributed by atoms with E-state index >= 15 is 0 Å². The summed E-state index contributed by atoms with van der Waals surface area (Å²) in [6.45, 7) is 6.35. The van der Waals surface area contributed by atoms with E-state index in [2.05, 4.69) is 63.0 Å². The van der Waals surface area contributed by atoms with Crippen LogP contribution in [0.4, 0.5) is 0 Å². The van der Waals surface area contributed by atoms with Crippen molar-refractivity contribution in [3.05, 3.63) is 75.3 Å². The molecular formula is C23H26OSe. The second-order valence-electron chi connectivity index (χ2n) is 6.20. The molecule has 0 saturated carbocycles. The van der Waals surface area contributed by atoms with Gasteiger partial charge in [0.1, 0.15) is 0 Å². The summed E-state index contributed by atoms with van der Waals surface area (Å²) in [6.07, 6.45) is 3.80. The summed E-state index contributed by atoms with van der Waals surface area (Å²) in [7, 11) is 0. The van der Waals surface area contributed by atoms with Crippen molar-refractivity contribution >= 4 is 21.0 Å². The Morgan fingerprint density at radius 1 is 1.04 bits per heavy atom. The number of aryl methyl sites for hydroxylation is 2. The summed E-state index contributed by atoms with van der Waals surface area (Å²) in [5.74, 6) is 6.14. The fraction of sp³-hybridized carbons (Fsp3) is 0.304. The zero-order valence-electron chi connectivity index (χ0n) is 15.3. The SMILES string of the molecule is CCCC[Se]/C(=C\c1ccc(C)cc1)C(O)C#Cc1ccc(C)cc1. The van der Waals surface area contributed by atoms with Crippen molar-refractivity contribution < 1.29 is 5.11 Å². The second kappa shape index (κ2) is 10.3. The molecule has 0 amide bonds. The Kier molecular flexibility index (Phi) is 8.02. The van der Waals surface area contributed by atoms with Crippen LogP contribution in [0.3, 0.4) is 0 Å². The monoisotopic (exact) mass is 398 g/mol. The molecule has 0 heterocycles. The van der Waals surface area contributed by atoms with Gasteiger partial charge in [-0.05, 0) is 0 Å². The Morgan fingerprint density at radius 2 is 1.64 bits per heavy atom. The summed E-state index contributed by atoms with van der Waals surface area (Å²) in [5.41, 5.74) is 4.54. The number of aliphatic hydroxyl groups excluding tert-OH is 1. The maximum atomic E-state index is 10.6. The average Bonchev–Trinajstić information content (AvgIpc) is 2.62. The Morgan fingerprint density at radius 3 is 2.24 bits per heavy atom. The molecule has 1 N–H and O–H groups in total. The van der Waals surface area contributed by atoms with Gasteiger partial charge < -0.3 is 0 Å². The molecule has 2 aromatic carbocycles. The summed E-state index contributed by atoms with van der Waals surface area (Å²) >= 11 is 0.266. The maximum absolute atomic E-state index is 10.6. The molecule has 2 rings (SSSR count). The second-order valence-corrected chi connectivity index (χ2v) is 8.65. The molecule has 0 spiro atoms. The van der Waals surface area contributed by atoms with Gasteiger partial charge >= 0.3 is 158 Å². The summed E-state index contributed by atoms with van der Waals surface area (Å²) in [5, 5.41) is 11.8. The summed E-state index contributed by atoms with van der Waals surface area (Å²) < 4.78 is 1.06. The number of unbranched alkanes of at least 4 members (excludes halogenated alkanes) is 1. The van der Waals surface area contributed by atoms with Crippen molar-refractivity contribution in [1.82, 2.24) is 0 Å². The first-order valence-corrected chi connectivity index (χ1v) is 10.8. The summed E-state index contributed by atoms with van der Waals surface area (Å²) in [6, 6.07) is 16.5. The van der Waals surface area contributed by atoms with Crippen molar-refractivity contribution in [2.24, 2.45) is 0 Å². The Labute approximate surface area is 158 Å². The van der Waals surface area contributed by atoms with Crippen molar-refractivity contribution in [3.63, 3.8) is 0 Å². The van der Waals surface area contributed by atoms with Gasteiger partial charge in [0.05, 0.1) is 0 Å². The van der Waals surface area contributed by atoms with Crippen LogP contribution in [0.2, 0.25) is 5.32 Å². The van der Waals surface area contributed by atoms with E-state index in [1.807, 2.05) is 24.3 Å².